The van der Waals surface area contributed by atoms with Gasteiger partial charge in [0.15, 0.2) is 5.69 Å². The minimum atomic E-state index is -0.489. The zero-order valence-electron chi connectivity index (χ0n) is 12.0. The van der Waals surface area contributed by atoms with Crippen molar-refractivity contribution >= 4 is 17.5 Å². The van der Waals surface area contributed by atoms with E-state index >= 15 is 0 Å². The molecule has 0 unspecified atom stereocenters. The normalized spacial score (nSPS) is 10.2. The maximum atomic E-state index is 11.7. The average Bonchev–Trinajstić information content (AvgIpc) is 3.00. The van der Waals surface area contributed by atoms with Gasteiger partial charge in [0.2, 0.25) is 5.91 Å². The molecule has 0 aliphatic carbocycles. The molecule has 116 valence electrons. The SMILES string of the molecule is NNC(=O)c1cc(CCCCC(=O)Nc2ccccc2)on1. The molecule has 1 heterocycles. The van der Waals surface area contributed by atoms with Gasteiger partial charge in [-0.25, -0.2) is 5.84 Å². The van der Waals surface area contributed by atoms with Crippen LogP contribution in [-0.4, -0.2) is 17.0 Å². The standard InChI is InChI=1S/C15H18N4O3/c16-18-15(21)13-10-12(22-19-13)8-4-5-9-14(20)17-11-6-2-1-3-7-11/h1-3,6-7,10H,4-5,8-9,16H2,(H,17,20)(H,18,21). The second-order valence-electron chi connectivity index (χ2n) is 4.77. The predicted molar refractivity (Wildman–Crippen MR) is 80.8 cm³/mol. The number of nitrogens with zero attached hydrogens (tertiary/aromatic N) is 1. The first-order valence-corrected chi connectivity index (χ1v) is 7.00. The van der Waals surface area contributed by atoms with Crippen molar-refractivity contribution < 1.29 is 14.1 Å². The van der Waals surface area contributed by atoms with Gasteiger partial charge in [-0.1, -0.05) is 23.4 Å². The number of nitrogens with two attached hydrogens (primary N) is 1. The van der Waals surface area contributed by atoms with Crippen LogP contribution in [0.1, 0.15) is 35.5 Å². The van der Waals surface area contributed by atoms with E-state index < -0.39 is 5.91 Å². The van der Waals surface area contributed by atoms with Crippen molar-refractivity contribution in [1.82, 2.24) is 10.6 Å². The number of rotatable bonds is 7. The lowest BCUT2D eigenvalue weighted by Gasteiger charge is -2.04. The molecule has 0 atom stereocenters. The number of carbonyl (C=O) groups is 2. The van der Waals surface area contributed by atoms with Gasteiger partial charge in [-0.2, -0.15) is 0 Å². The van der Waals surface area contributed by atoms with Crippen LogP contribution in [-0.2, 0) is 11.2 Å². The molecule has 4 N–H and O–H groups in total. The predicted octanol–water partition coefficient (Wildman–Crippen LogP) is 1.63. The summed E-state index contributed by atoms with van der Waals surface area (Å²) in [4.78, 5) is 23.0. The first-order chi connectivity index (χ1) is 10.7. The largest absolute Gasteiger partial charge is 0.361 e. The highest BCUT2D eigenvalue weighted by molar-refractivity contribution is 5.91. The Morgan fingerprint density at radius 3 is 2.68 bits per heavy atom. The van der Waals surface area contributed by atoms with Gasteiger partial charge in [0.25, 0.3) is 5.91 Å². The first kappa shape index (κ1) is 15.7. The minimum absolute atomic E-state index is 0.0213. The average molecular weight is 302 g/mol. The van der Waals surface area contributed by atoms with Crippen molar-refractivity contribution in [2.45, 2.75) is 25.7 Å². The zero-order valence-corrected chi connectivity index (χ0v) is 12.0. The summed E-state index contributed by atoms with van der Waals surface area (Å²) < 4.78 is 5.02. The number of unbranched alkanes of at least 4 members (excludes halogenated alkanes) is 1. The fourth-order valence-corrected chi connectivity index (χ4v) is 1.94. The van der Waals surface area contributed by atoms with Crippen molar-refractivity contribution in [3.8, 4) is 0 Å². The van der Waals surface area contributed by atoms with Gasteiger partial charge < -0.3 is 9.84 Å². The van der Waals surface area contributed by atoms with Crippen LogP contribution < -0.4 is 16.6 Å². The lowest BCUT2D eigenvalue weighted by atomic mass is 10.1. The summed E-state index contributed by atoms with van der Waals surface area (Å²) in [5.74, 6) is 5.10. The van der Waals surface area contributed by atoms with Crippen LogP contribution in [0.5, 0.6) is 0 Å². The van der Waals surface area contributed by atoms with Crippen molar-refractivity contribution in [3.63, 3.8) is 0 Å². The monoisotopic (exact) mass is 302 g/mol. The third-order valence-electron chi connectivity index (χ3n) is 3.06. The van der Waals surface area contributed by atoms with Crippen LogP contribution in [0.3, 0.4) is 0 Å². The molecule has 0 aliphatic rings. The highest BCUT2D eigenvalue weighted by Crippen LogP contribution is 2.10. The molecule has 0 bridgehead atoms. The zero-order chi connectivity index (χ0) is 15.8. The summed E-state index contributed by atoms with van der Waals surface area (Å²) in [6.45, 7) is 0. The Hall–Kier alpha value is -2.67. The molecule has 7 nitrogen and oxygen atoms in total. The highest BCUT2D eigenvalue weighted by Gasteiger charge is 2.11. The van der Waals surface area contributed by atoms with E-state index in [1.165, 1.54) is 0 Å². The maximum Gasteiger partial charge on any atom is 0.287 e. The number of hydrazine groups is 1. The Labute approximate surface area is 127 Å². The Bertz CT molecular complexity index is 625. The van der Waals surface area contributed by atoms with Crippen LogP contribution in [0.25, 0.3) is 0 Å². The molecule has 2 amide bonds. The van der Waals surface area contributed by atoms with E-state index in [1.54, 1.807) is 6.07 Å². The van der Waals surface area contributed by atoms with Gasteiger partial charge in [0.05, 0.1) is 0 Å². The third kappa shape index (κ3) is 4.71. The van der Waals surface area contributed by atoms with E-state index in [1.807, 2.05) is 35.8 Å². The topological polar surface area (TPSA) is 110 Å². The number of amides is 2. The van der Waals surface area contributed by atoms with E-state index in [9.17, 15) is 9.59 Å². The molecule has 1 aromatic carbocycles. The number of hydrogen-bond acceptors (Lipinski definition) is 5. The quantitative estimate of drug-likeness (QED) is 0.311. The van der Waals surface area contributed by atoms with Crippen molar-refractivity contribution in [2.75, 3.05) is 5.32 Å². The number of para-hydroxylation sites is 1. The second-order valence-corrected chi connectivity index (χ2v) is 4.77. The summed E-state index contributed by atoms with van der Waals surface area (Å²) >= 11 is 0. The molecule has 1 aromatic heterocycles. The van der Waals surface area contributed by atoms with Crippen LogP contribution in [0.2, 0.25) is 0 Å². The summed E-state index contributed by atoms with van der Waals surface area (Å²) in [6, 6.07) is 10.9. The van der Waals surface area contributed by atoms with E-state index in [0.29, 0.717) is 18.6 Å². The minimum Gasteiger partial charge on any atom is -0.361 e. The summed E-state index contributed by atoms with van der Waals surface area (Å²) in [5.41, 5.74) is 2.93. The number of aryl methyl sites for hydroxylation is 1. The van der Waals surface area contributed by atoms with E-state index in [4.69, 9.17) is 10.4 Å². The third-order valence-corrected chi connectivity index (χ3v) is 3.06. The maximum absolute atomic E-state index is 11.7. The lowest BCUT2D eigenvalue weighted by Crippen LogP contribution is -2.30. The molecule has 0 radical (unpaired) electrons. The Kier molecular flexibility index (Phi) is 5.67. The van der Waals surface area contributed by atoms with Crippen LogP contribution in [0.15, 0.2) is 40.9 Å². The molecule has 0 fully saturated rings. The van der Waals surface area contributed by atoms with Crippen molar-refractivity contribution in [3.05, 3.63) is 47.9 Å². The van der Waals surface area contributed by atoms with Gasteiger partial charge in [-0.15, -0.1) is 0 Å². The number of nitrogen functional groups attached to an aromatic ring is 1. The van der Waals surface area contributed by atoms with Crippen molar-refractivity contribution in [1.29, 1.82) is 0 Å². The number of anilines is 1. The Balaban J connectivity index is 1.67. The highest BCUT2D eigenvalue weighted by atomic mass is 16.5. The number of nitrogens with one attached hydrogen (secondary N) is 2. The number of carbonyl (C=O) groups excluding carboxylic acids is 2. The summed E-state index contributed by atoms with van der Waals surface area (Å²) in [6.07, 6.45) is 2.53. The van der Waals surface area contributed by atoms with Crippen LogP contribution >= 0.6 is 0 Å². The Morgan fingerprint density at radius 2 is 1.95 bits per heavy atom. The van der Waals surface area contributed by atoms with Crippen LogP contribution in [0, 0.1) is 0 Å². The Morgan fingerprint density at radius 1 is 1.18 bits per heavy atom. The van der Waals surface area contributed by atoms with Gasteiger partial charge in [0.1, 0.15) is 5.76 Å². The molecule has 0 aliphatic heterocycles. The second kappa shape index (κ2) is 7.94. The lowest BCUT2D eigenvalue weighted by molar-refractivity contribution is -0.116. The fourth-order valence-electron chi connectivity index (χ4n) is 1.94. The van der Waals surface area contributed by atoms with E-state index in [2.05, 4.69) is 10.5 Å². The molecular formula is C15H18N4O3. The first-order valence-electron chi connectivity index (χ1n) is 7.00. The molecule has 0 saturated heterocycles. The molecule has 22 heavy (non-hydrogen) atoms. The van der Waals surface area contributed by atoms with Crippen LogP contribution in [0.4, 0.5) is 5.69 Å². The summed E-state index contributed by atoms with van der Waals surface area (Å²) in [7, 11) is 0. The van der Waals surface area contributed by atoms with Gasteiger partial charge in [-0.3, -0.25) is 15.0 Å². The van der Waals surface area contributed by atoms with Crippen molar-refractivity contribution in [2.24, 2.45) is 5.84 Å². The van der Waals surface area contributed by atoms with E-state index in [0.717, 1.165) is 18.5 Å². The molecular weight excluding hydrogens is 284 g/mol. The number of benzene rings is 1. The van der Waals surface area contributed by atoms with Gasteiger partial charge in [-0.05, 0) is 25.0 Å². The molecule has 7 heteroatoms. The molecule has 0 saturated carbocycles. The molecule has 2 rings (SSSR count). The smallest absolute Gasteiger partial charge is 0.287 e. The molecule has 2 aromatic rings. The summed E-state index contributed by atoms with van der Waals surface area (Å²) in [5, 5.41) is 6.44. The number of aromatic nitrogens is 1. The molecule has 0 spiro atoms. The van der Waals surface area contributed by atoms with E-state index in [-0.39, 0.29) is 11.6 Å². The van der Waals surface area contributed by atoms with Gasteiger partial charge in [0, 0.05) is 24.6 Å². The number of hydrogen-bond donors (Lipinski definition) is 3. The fraction of sp³-hybridized carbons (Fsp3) is 0.267. The van der Waals surface area contributed by atoms with Gasteiger partial charge >= 0.3 is 0 Å².